The predicted octanol–water partition coefficient (Wildman–Crippen LogP) is 1.85. The Morgan fingerprint density at radius 2 is 2.11 bits per heavy atom. The molecule has 5 nitrogen and oxygen atoms in total. The third-order valence-electron chi connectivity index (χ3n) is 2.75. The van der Waals surface area contributed by atoms with E-state index in [4.69, 9.17) is 4.74 Å². The van der Waals surface area contributed by atoms with Crippen molar-refractivity contribution in [3.63, 3.8) is 0 Å². The Bertz CT molecular complexity index is 589. The van der Waals surface area contributed by atoms with Gasteiger partial charge >= 0.3 is 5.97 Å². The molecule has 0 saturated heterocycles. The summed E-state index contributed by atoms with van der Waals surface area (Å²) in [7, 11) is 0. The summed E-state index contributed by atoms with van der Waals surface area (Å²) in [6, 6.07) is 7.57. The molecule has 0 spiro atoms. The van der Waals surface area contributed by atoms with Gasteiger partial charge in [0.25, 0.3) is 5.91 Å². The minimum absolute atomic E-state index is 0.182. The lowest BCUT2D eigenvalue weighted by Gasteiger charge is -2.04. The van der Waals surface area contributed by atoms with Gasteiger partial charge in [-0.05, 0) is 13.0 Å². The third-order valence-corrected chi connectivity index (χ3v) is 2.75. The maximum Gasteiger partial charge on any atom is 0.307 e. The van der Waals surface area contributed by atoms with Gasteiger partial charge in [-0.25, -0.2) is 0 Å². The predicted molar refractivity (Wildman–Crippen MR) is 71.9 cm³/mol. The van der Waals surface area contributed by atoms with Crippen LogP contribution in [0, 0.1) is 0 Å². The minimum atomic E-state index is -0.304. The highest BCUT2D eigenvalue weighted by Gasteiger charge is 2.11. The summed E-state index contributed by atoms with van der Waals surface area (Å²) in [6.45, 7) is 2.38. The SMILES string of the molecule is CCOC(=O)CCNC(=O)c1c[nH]c2ccccc12. The van der Waals surface area contributed by atoms with Gasteiger partial charge in [0.15, 0.2) is 0 Å². The number of aromatic nitrogens is 1. The number of fused-ring (bicyclic) bond motifs is 1. The summed E-state index contributed by atoms with van der Waals surface area (Å²) in [5, 5.41) is 3.58. The molecule has 1 heterocycles. The standard InChI is InChI=1S/C14H16N2O3/c1-2-19-13(17)7-8-15-14(18)11-9-16-12-6-4-3-5-10(11)12/h3-6,9,16H,2,7-8H2,1H3,(H,15,18). The van der Waals surface area contributed by atoms with Gasteiger partial charge in [-0.15, -0.1) is 0 Å². The van der Waals surface area contributed by atoms with Crippen molar-refractivity contribution >= 4 is 22.8 Å². The molecule has 0 unspecified atom stereocenters. The van der Waals surface area contributed by atoms with Gasteiger partial charge in [0.1, 0.15) is 0 Å². The summed E-state index contributed by atoms with van der Waals surface area (Å²) >= 11 is 0. The Morgan fingerprint density at radius 3 is 2.89 bits per heavy atom. The maximum absolute atomic E-state index is 12.0. The van der Waals surface area contributed by atoms with Crippen molar-refractivity contribution in [1.82, 2.24) is 10.3 Å². The molecular weight excluding hydrogens is 244 g/mol. The fourth-order valence-electron chi connectivity index (χ4n) is 1.87. The van der Waals surface area contributed by atoms with E-state index in [-0.39, 0.29) is 24.8 Å². The van der Waals surface area contributed by atoms with Crippen LogP contribution < -0.4 is 5.32 Å². The number of para-hydroxylation sites is 1. The fourth-order valence-corrected chi connectivity index (χ4v) is 1.87. The lowest BCUT2D eigenvalue weighted by molar-refractivity contribution is -0.142. The van der Waals surface area contributed by atoms with Crippen LogP contribution in [-0.4, -0.2) is 30.0 Å². The molecule has 0 aliphatic carbocycles. The van der Waals surface area contributed by atoms with Crippen molar-refractivity contribution in [3.05, 3.63) is 36.0 Å². The van der Waals surface area contributed by atoms with Gasteiger partial charge in [0, 0.05) is 23.6 Å². The molecule has 1 amide bonds. The molecule has 0 aliphatic rings. The highest BCUT2D eigenvalue weighted by molar-refractivity contribution is 6.06. The first-order valence-electron chi connectivity index (χ1n) is 6.22. The number of carbonyl (C=O) groups is 2. The van der Waals surface area contributed by atoms with E-state index in [9.17, 15) is 9.59 Å². The highest BCUT2D eigenvalue weighted by atomic mass is 16.5. The molecule has 2 N–H and O–H groups in total. The summed E-state index contributed by atoms with van der Waals surface area (Å²) in [5.41, 5.74) is 1.50. The number of rotatable bonds is 5. The average molecular weight is 260 g/mol. The number of H-pyrrole nitrogens is 1. The van der Waals surface area contributed by atoms with Crippen LogP contribution in [-0.2, 0) is 9.53 Å². The van der Waals surface area contributed by atoms with Gasteiger partial charge in [-0.2, -0.15) is 0 Å². The van der Waals surface area contributed by atoms with Crippen molar-refractivity contribution in [2.45, 2.75) is 13.3 Å². The lowest BCUT2D eigenvalue weighted by atomic mass is 10.1. The molecule has 100 valence electrons. The van der Waals surface area contributed by atoms with E-state index in [1.165, 1.54) is 0 Å². The van der Waals surface area contributed by atoms with E-state index in [0.29, 0.717) is 12.2 Å². The maximum atomic E-state index is 12.0. The van der Waals surface area contributed by atoms with Crippen molar-refractivity contribution in [3.8, 4) is 0 Å². The molecule has 2 rings (SSSR count). The molecule has 1 aromatic carbocycles. The van der Waals surface area contributed by atoms with Gasteiger partial charge in [0.05, 0.1) is 18.6 Å². The molecule has 0 fully saturated rings. The molecule has 0 saturated carbocycles. The van der Waals surface area contributed by atoms with Crippen LogP contribution in [0.1, 0.15) is 23.7 Å². The molecule has 0 aliphatic heterocycles. The molecule has 5 heteroatoms. The molecule has 2 aromatic rings. The van der Waals surface area contributed by atoms with Crippen LogP contribution in [0.5, 0.6) is 0 Å². The number of hydrogen-bond donors (Lipinski definition) is 2. The van der Waals surface area contributed by atoms with E-state index < -0.39 is 0 Å². The Hall–Kier alpha value is -2.30. The van der Waals surface area contributed by atoms with Crippen LogP contribution in [0.4, 0.5) is 0 Å². The Balaban J connectivity index is 1.95. The number of nitrogens with one attached hydrogen (secondary N) is 2. The summed E-state index contributed by atoms with van der Waals surface area (Å²) < 4.78 is 4.79. The minimum Gasteiger partial charge on any atom is -0.466 e. The average Bonchev–Trinajstić information content (AvgIpc) is 2.82. The highest BCUT2D eigenvalue weighted by Crippen LogP contribution is 2.17. The van der Waals surface area contributed by atoms with Crippen LogP contribution in [0.3, 0.4) is 0 Å². The number of ether oxygens (including phenoxy) is 1. The number of amides is 1. The number of carbonyl (C=O) groups excluding carboxylic acids is 2. The molecule has 1 aromatic heterocycles. The summed E-state index contributed by atoms with van der Waals surface area (Å²) in [4.78, 5) is 26.2. The first-order valence-corrected chi connectivity index (χ1v) is 6.22. The molecule has 0 bridgehead atoms. The van der Waals surface area contributed by atoms with Crippen LogP contribution in [0.15, 0.2) is 30.5 Å². The summed E-state index contributed by atoms with van der Waals surface area (Å²) in [5.74, 6) is -0.497. The molecule has 0 radical (unpaired) electrons. The van der Waals surface area contributed by atoms with E-state index in [0.717, 1.165) is 10.9 Å². The molecule has 0 atom stereocenters. The van der Waals surface area contributed by atoms with Gasteiger partial charge in [0.2, 0.25) is 0 Å². The second kappa shape index (κ2) is 6.04. The van der Waals surface area contributed by atoms with Gasteiger partial charge in [-0.1, -0.05) is 18.2 Å². The van der Waals surface area contributed by atoms with Gasteiger partial charge < -0.3 is 15.0 Å². The first kappa shape index (κ1) is 13.1. The zero-order valence-electron chi connectivity index (χ0n) is 10.7. The van der Waals surface area contributed by atoms with Crippen molar-refractivity contribution in [1.29, 1.82) is 0 Å². The largest absolute Gasteiger partial charge is 0.466 e. The lowest BCUT2D eigenvalue weighted by Crippen LogP contribution is -2.26. The molecule has 19 heavy (non-hydrogen) atoms. The first-order chi connectivity index (χ1) is 9.22. The molecular formula is C14H16N2O3. The van der Waals surface area contributed by atoms with Gasteiger partial charge in [-0.3, -0.25) is 9.59 Å². The second-order valence-electron chi connectivity index (χ2n) is 4.06. The van der Waals surface area contributed by atoms with Crippen molar-refractivity contribution < 1.29 is 14.3 Å². The fraction of sp³-hybridized carbons (Fsp3) is 0.286. The Labute approximate surface area is 110 Å². The van der Waals surface area contributed by atoms with Crippen LogP contribution in [0.2, 0.25) is 0 Å². The Kier molecular flexibility index (Phi) is 4.18. The third kappa shape index (κ3) is 3.13. The number of hydrogen-bond acceptors (Lipinski definition) is 3. The van der Waals surface area contributed by atoms with Crippen molar-refractivity contribution in [2.24, 2.45) is 0 Å². The van der Waals surface area contributed by atoms with E-state index in [2.05, 4.69) is 10.3 Å². The zero-order chi connectivity index (χ0) is 13.7. The van der Waals surface area contributed by atoms with Crippen LogP contribution in [0.25, 0.3) is 10.9 Å². The number of aromatic amines is 1. The normalized spacial score (nSPS) is 10.4. The van der Waals surface area contributed by atoms with Crippen molar-refractivity contribution in [2.75, 3.05) is 13.2 Å². The number of esters is 1. The van der Waals surface area contributed by atoms with Crippen LogP contribution >= 0.6 is 0 Å². The zero-order valence-corrected chi connectivity index (χ0v) is 10.7. The summed E-state index contributed by atoms with van der Waals surface area (Å²) in [6.07, 6.45) is 1.85. The second-order valence-corrected chi connectivity index (χ2v) is 4.06. The topological polar surface area (TPSA) is 71.2 Å². The monoisotopic (exact) mass is 260 g/mol. The quantitative estimate of drug-likeness (QED) is 0.806. The smallest absolute Gasteiger partial charge is 0.307 e. The Morgan fingerprint density at radius 1 is 1.32 bits per heavy atom. The number of benzene rings is 1. The van der Waals surface area contributed by atoms with E-state index >= 15 is 0 Å². The van der Waals surface area contributed by atoms with E-state index in [1.54, 1.807) is 13.1 Å². The van der Waals surface area contributed by atoms with E-state index in [1.807, 2.05) is 24.3 Å².